The number of nitrogens with one attached hydrogen (secondary N) is 1. The van der Waals surface area contributed by atoms with Gasteiger partial charge in [-0.25, -0.2) is 0 Å². The van der Waals surface area contributed by atoms with Crippen LogP contribution in [0.2, 0.25) is 0 Å². The third kappa shape index (κ3) is 4.51. The molecule has 0 saturated heterocycles. The summed E-state index contributed by atoms with van der Waals surface area (Å²) >= 11 is 3.33. The number of hydrogen-bond acceptors (Lipinski definition) is 4. The number of carbonyl (C=O) groups is 2. The standard InChI is InChI=1S/C18H17BrN4O2/c19-14-6-4-13(5-7-14)15(24)8-9-18(25)20-11-10-17-22-21-16-3-1-2-12-23(16)17/h1-7,12H,8-11H2,(H,20,25). The minimum atomic E-state index is -0.140. The molecule has 0 bridgehead atoms. The molecule has 6 nitrogen and oxygen atoms in total. The zero-order valence-electron chi connectivity index (χ0n) is 13.5. The Bertz CT molecular complexity index is 889. The smallest absolute Gasteiger partial charge is 0.220 e. The molecule has 128 valence electrons. The van der Waals surface area contributed by atoms with E-state index < -0.39 is 0 Å². The van der Waals surface area contributed by atoms with Crippen molar-refractivity contribution in [2.45, 2.75) is 19.3 Å². The SMILES string of the molecule is O=C(CCC(=O)c1ccc(Br)cc1)NCCc1nnc2ccccn12. The molecule has 3 aromatic rings. The number of fused-ring (bicyclic) bond motifs is 1. The van der Waals surface area contributed by atoms with Gasteiger partial charge in [-0.15, -0.1) is 10.2 Å². The topological polar surface area (TPSA) is 76.4 Å². The Morgan fingerprint density at radius 2 is 1.84 bits per heavy atom. The number of aromatic nitrogens is 3. The van der Waals surface area contributed by atoms with Crippen LogP contribution in [-0.4, -0.2) is 32.8 Å². The third-order valence-corrected chi connectivity index (χ3v) is 4.33. The molecule has 0 unspecified atom stereocenters. The number of benzene rings is 1. The lowest BCUT2D eigenvalue weighted by Gasteiger charge is -2.05. The molecule has 3 rings (SSSR count). The number of carbonyl (C=O) groups excluding carboxylic acids is 2. The van der Waals surface area contributed by atoms with Crippen molar-refractivity contribution in [3.63, 3.8) is 0 Å². The van der Waals surface area contributed by atoms with Crippen molar-refractivity contribution in [2.75, 3.05) is 6.54 Å². The number of nitrogens with zero attached hydrogens (tertiary/aromatic N) is 3. The lowest BCUT2D eigenvalue weighted by molar-refractivity contribution is -0.121. The van der Waals surface area contributed by atoms with Crippen LogP contribution in [0.1, 0.15) is 29.0 Å². The van der Waals surface area contributed by atoms with Crippen molar-refractivity contribution in [3.8, 4) is 0 Å². The molecular weight excluding hydrogens is 384 g/mol. The maximum absolute atomic E-state index is 12.1. The molecule has 0 spiro atoms. The average molecular weight is 401 g/mol. The second-order valence-corrected chi connectivity index (χ2v) is 6.49. The number of ketones is 1. The molecule has 2 aromatic heterocycles. The largest absolute Gasteiger partial charge is 0.356 e. The fourth-order valence-corrected chi connectivity index (χ4v) is 2.74. The van der Waals surface area contributed by atoms with Gasteiger partial charge in [0.2, 0.25) is 5.91 Å². The predicted molar refractivity (Wildman–Crippen MR) is 97.4 cm³/mol. The maximum Gasteiger partial charge on any atom is 0.220 e. The normalized spacial score (nSPS) is 10.8. The number of pyridine rings is 1. The molecule has 7 heteroatoms. The zero-order chi connectivity index (χ0) is 17.6. The second-order valence-electron chi connectivity index (χ2n) is 5.58. The van der Waals surface area contributed by atoms with E-state index in [0.29, 0.717) is 18.5 Å². The van der Waals surface area contributed by atoms with Gasteiger partial charge in [0.1, 0.15) is 5.82 Å². The number of amides is 1. The van der Waals surface area contributed by atoms with E-state index in [2.05, 4.69) is 31.4 Å². The monoisotopic (exact) mass is 400 g/mol. The van der Waals surface area contributed by atoms with Crippen molar-refractivity contribution < 1.29 is 9.59 Å². The van der Waals surface area contributed by atoms with Gasteiger partial charge >= 0.3 is 0 Å². The van der Waals surface area contributed by atoms with Crippen LogP contribution in [0, 0.1) is 0 Å². The second kappa shape index (κ2) is 8.02. The van der Waals surface area contributed by atoms with E-state index in [-0.39, 0.29) is 24.5 Å². The Kier molecular flexibility index (Phi) is 5.55. The van der Waals surface area contributed by atoms with E-state index in [9.17, 15) is 9.59 Å². The molecule has 25 heavy (non-hydrogen) atoms. The highest BCUT2D eigenvalue weighted by molar-refractivity contribution is 9.10. The number of Topliss-reactive ketones (excluding diaryl/α,β-unsaturated/α-hetero) is 1. The molecule has 0 saturated carbocycles. The summed E-state index contributed by atoms with van der Waals surface area (Å²) in [5.41, 5.74) is 1.40. The van der Waals surface area contributed by atoms with Gasteiger partial charge in [-0.3, -0.25) is 14.0 Å². The van der Waals surface area contributed by atoms with Crippen molar-refractivity contribution in [1.82, 2.24) is 19.9 Å². The summed E-state index contributed by atoms with van der Waals surface area (Å²) in [7, 11) is 0. The van der Waals surface area contributed by atoms with Gasteiger partial charge in [0.15, 0.2) is 11.4 Å². The fraction of sp³-hybridized carbons (Fsp3) is 0.222. The predicted octanol–water partition coefficient (Wildman–Crippen LogP) is 2.81. The fourth-order valence-electron chi connectivity index (χ4n) is 2.47. The summed E-state index contributed by atoms with van der Waals surface area (Å²) in [5, 5.41) is 11.0. The van der Waals surface area contributed by atoms with Gasteiger partial charge in [-0.05, 0) is 24.3 Å². The van der Waals surface area contributed by atoms with E-state index >= 15 is 0 Å². The molecule has 2 heterocycles. The first-order chi connectivity index (χ1) is 12.1. The van der Waals surface area contributed by atoms with Gasteiger partial charge in [-0.1, -0.05) is 34.1 Å². The summed E-state index contributed by atoms with van der Waals surface area (Å²) in [5.74, 6) is 0.618. The van der Waals surface area contributed by atoms with Crippen LogP contribution in [0.15, 0.2) is 53.1 Å². The molecule has 1 N–H and O–H groups in total. The summed E-state index contributed by atoms with van der Waals surface area (Å²) in [6, 6.07) is 12.8. The first kappa shape index (κ1) is 17.3. The van der Waals surface area contributed by atoms with Gasteiger partial charge in [0.25, 0.3) is 0 Å². The minimum absolute atomic E-state index is 0.0360. The first-order valence-electron chi connectivity index (χ1n) is 7.97. The highest BCUT2D eigenvalue weighted by atomic mass is 79.9. The van der Waals surface area contributed by atoms with Gasteiger partial charge in [0, 0.05) is 42.0 Å². The highest BCUT2D eigenvalue weighted by Crippen LogP contribution is 2.12. The van der Waals surface area contributed by atoms with Gasteiger partial charge in [-0.2, -0.15) is 0 Å². The summed E-state index contributed by atoms with van der Waals surface area (Å²) < 4.78 is 2.81. The van der Waals surface area contributed by atoms with Crippen LogP contribution >= 0.6 is 15.9 Å². The minimum Gasteiger partial charge on any atom is -0.356 e. The Morgan fingerprint density at radius 1 is 1.04 bits per heavy atom. The maximum atomic E-state index is 12.1. The Balaban J connectivity index is 1.44. The Hall–Kier alpha value is -2.54. The van der Waals surface area contributed by atoms with Crippen molar-refractivity contribution in [1.29, 1.82) is 0 Å². The zero-order valence-corrected chi connectivity index (χ0v) is 15.1. The van der Waals surface area contributed by atoms with Crippen LogP contribution in [-0.2, 0) is 11.2 Å². The number of halogens is 1. The molecule has 0 aliphatic rings. The molecule has 0 atom stereocenters. The summed E-state index contributed by atoms with van der Waals surface area (Å²) in [4.78, 5) is 24.0. The number of hydrogen-bond donors (Lipinski definition) is 1. The average Bonchev–Trinajstić information content (AvgIpc) is 3.04. The summed E-state index contributed by atoms with van der Waals surface area (Å²) in [6.45, 7) is 0.459. The van der Waals surface area contributed by atoms with Gasteiger partial charge in [0.05, 0.1) is 0 Å². The van der Waals surface area contributed by atoms with Crippen molar-refractivity contribution in [3.05, 3.63) is 64.5 Å². The van der Waals surface area contributed by atoms with E-state index in [4.69, 9.17) is 0 Å². The third-order valence-electron chi connectivity index (χ3n) is 3.80. The van der Waals surface area contributed by atoms with Crippen LogP contribution in [0.3, 0.4) is 0 Å². The molecule has 0 aliphatic carbocycles. The lowest BCUT2D eigenvalue weighted by Crippen LogP contribution is -2.26. The van der Waals surface area contributed by atoms with Crippen LogP contribution in [0.4, 0.5) is 0 Å². The van der Waals surface area contributed by atoms with E-state index in [1.165, 1.54) is 0 Å². The lowest BCUT2D eigenvalue weighted by atomic mass is 10.1. The van der Waals surface area contributed by atoms with Crippen molar-refractivity contribution >= 4 is 33.3 Å². The van der Waals surface area contributed by atoms with Crippen LogP contribution in [0.25, 0.3) is 5.65 Å². The first-order valence-corrected chi connectivity index (χ1v) is 8.77. The van der Waals surface area contributed by atoms with E-state index in [1.54, 1.807) is 12.1 Å². The molecule has 0 aliphatic heterocycles. The molecule has 1 aromatic carbocycles. The Labute approximate surface area is 153 Å². The quantitative estimate of drug-likeness (QED) is 0.618. The molecule has 0 fully saturated rings. The number of rotatable bonds is 7. The van der Waals surface area contributed by atoms with Gasteiger partial charge < -0.3 is 5.32 Å². The van der Waals surface area contributed by atoms with E-state index in [0.717, 1.165) is 15.9 Å². The van der Waals surface area contributed by atoms with Crippen LogP contribution < -0.4 is 5.32 Å². The van der Waals surface area contributed by atoms with Crippen molar-refractivity contribution in [2.24, 2.45) is 0 Å². The van der Waals surface area contributed by atoms with Crippen LogP contribution in [0.5, 0.6) is 0 Å². The van der Waals surface area contributed by atoms with E-state index in [1.807, 2.05) is 40.9 Å². The molecule has 1 amide bonds. The Morgan fingerprint density at radius 3 is 2.64 bits per heavy atom. The summed E-state index contributed by atoms with van der Waals surface area (Å²) in [6.07, 6.45) is 2.84. The molecule has 0 radical (unpaired) electrons. The molecular formula is C18H17BrN4O2. The highest BCUT2D eigenvalue weighted by Gasteiger charge is 2.10.